The van der Waals surface area contributed by atoms with Gasteiger partial charge in [0.2, 0.25) is 13.9 Å². The maximum absolute atomic E-state index is 12.7. The van der Waals surface area contributed by atoms with Crippen LogP contribution in [0.3, 0.4) is 0 Å². The number of nitrogens with zero attached hydrogens (tertiary/aromatic N) is 1. The summed E-state index contributed by atoms with van der Waals surface area (Å²) in [5.74, 6) is -0.766. The van der Waals surface area contributed by atoms with Gasteiger partial charge in [-0.1, -0.05) is 73.5 Å². The van der Waals surface area contributed by atoms with Gasteiger partial charge >= 0.3 is 12.1 Å². The molecule has 3 rings (SSSR count). The normalized spacial score (nSPS) is 15.6. The number of ether oxygens (including phenoxy) is 2. The Labute approximate surface area is 224 Å². The molecule has 1 aliphatic heterocycles. The molecule has 10 heteroatoms. The highest BCUT2D eigenvalue weighted by Crippen LogP contribution is 2.26. The summed E-state index contributed by atoms with van der Waals surface area (Å²) in [5.41, 5.74) is 1.82. The molecule has 1 unspecified atom stereocenters. The molecule has 2 amide bonds. The van der Waals surface area contributed by atoms with Gasteiger partial charge in [0.1, 0.15) is 25.4 Å². The van der Waals surface area contributed by atoms with E-state index in [-0.39, 0.29) is 25.3 Å². The predicted molar refractivity (Wildman–Crippen MR) is 144 cm³/mol. The third-order valence-corrected chi connectivity index (χ3v) is 7.30. The SMILES string of the molecule is O=C(NCCCCCCO[PH](=O)CC(=O)N1CCC[C@H]1C(=O)OCc1ccccc1)OCc1ccccc1. The molecule has 9 nitrogen and oxygen atoms in total. The summed E-state index contributed by atoms with van der Waals surface area (Å²) in [4.78, 5) is 38.4. The molecule has 0 aliphatic carbocycles. The summed E-state index contributed by atoms with van der Waals surface area (Å²) >= 11 is 0. The third-order valence-electron chi connectivity index (χ3n) is 6.18. The van der Waals surface area contributed by atoms with Crippen LogP contribution in [0.25, 0.3) is 0 Å². The molecule has 2 aromatic rings. The van der Waals surface area contributed by atoms with E-state index in [9.17, 15) is 18.9 Å². The van der Waals surface area contributed by atoms with Gasteiger partial charge in [0, 0.05) is 13.1 Å². The minimum atomic E-state index is -2.53. The largest absolute Gasteiger partial charge is 0.459 e. The zero-order chi connectivity index (χ0) is 27.0. The Kier molecular flexibility index (Phi) is 12.9. The lowest BCUT2D eigenvalue weighted by Crippen LogP contribution is -2.42. The number of rotatable bonds is 15. The van der Waals surface area contributed by atoms with Crippen molar-refractivity contribution in [2.24, 2.45) is 0 Å². The molecule has 1 N–H and O–H groups in total. The van der Waals surface area contributed by atoms with E-state index in [1.165, 1.54) is 4.90 Å². The van der Waals surface area contributed by atoms with Gasteiger partial charge in [-0.25, -0.2) is 9.59 Å². The Morgan fingerprint density at radius 2 is 1.50 bits per heavy atom. The molecule has 1 aliphatic rings. The van der Waals surface area contributed by atoms with Gasteiger partial charge in [-0.2, -0.15) is 0 Å². The quantitative estimate of drug-likeness (QED) is 0.197. The first-order valence-corrected chi connectivity index (χ1v) is 14.7. The summed E-state index contributed by atoms with van der Waals surface area (Å²) < 4.78 is 28.3. The second-order valence-electron chi connectivity index (χ2n) is 9.14. The number of carbonyl (C=O) groups is 3. The lowest BCUT2D eigenvalue weighted by molar-refractivity contribution is -0.154. The van der Waals surface area contributed by atoms with E-state index in [0.717, 1.165) is 30.4 Å². The van der Waals surface area contributed by atoms with Crippen LogP contribution in [0.5, 0.6) is 0 Å². The lowest BCUT2D eigenvalue weighted by atomic mass is 10.2. The van der Waals surface area contributed by atoms with E-state index >= 15 is 0 Å². The van der Waals surface area contributed by atoms with Crippen LogP contribution in [0.1, 0.15) is 49.7 Å². The average Bonchev–Trinajstić information content (AvgIpc) is 3.44. The van der Waals surface area contributed by atoms with E-state index in [1.54, 1.807) is 0 Å². The fourth-order valence-electron chi connectivity index (χ4n) is 4.14. The highest BCUT2D eigenvalue weighted by Gasteiger charge is 2.35. The zero-order valence-corrected chi connectivity index (χ0v) is 22.6. The number of esters is 1. The average molecular weight is 545 g/mol. The van der Waals surface area contributed by atoms with Gasteiger partial charge in [0.05, 0.1) is 6.61 Å². The van der Waals surface area contributed by atoms with Crippen molar-refractivity contribution in [1.29, 1.82) is 0 Å². The minimum absolute atomic E-state index is 0.159. The summed E-state index contributed by atoms with van der Waals surface area (Å²) in [7, 11) is -2.53. The van der Waals surface area contributed by atoms with Crippen LogP contribution in [0, 0.1) is 0 Å². The van der Waals surface area contributed by atoms with Gasteiger partial charge in [-0.3, -0.25) is 9.36 Å². The first-order valence-electron chi connectivity index (χ1n) is 13.1. The predicted octanol–water partition coefficient (Wildman–Crippen LogP) is 4.70. The fraction of sp³-hybridized carbons (Fsp3) is 0.464. The van der Waals surface area contributed by atoms with Crippen LogP contribution in [-0.4, -0.2) is 54.8 Å². The summed E-state index contributed by atoms with van der Waals surface area (Å²) in [6.45, 7) is 1.67. The minimum Gasteiger partial charge on any atom is -0.459 e. The van der Waals surface area contributed by atoms with Crippen molar-refractivity contribution in [1.82, 2.24) is 10.2 Å². The fourth-order valence-corrected chi connectivity index (χ4v) is 5.07. The van der Waals surface area contributed by atoms with Crippen molar-refractivity contribution in [3.63, 3.8) is 0 Å². The number of hydrogen-bond acceptors (Lipinski definition) is 7. The Morgan fingerprint density at radius 3 is 2.18 bits per heavy atom. The second-order valence-corrected chi connectivity index (χ2v) is 10.5. The molecule has 0 aromatic heterocycles. The Hall–Kier alpha value is -3.16. The van der Waals surface area contributed by atoms with E-state index in [2.05, 4.69) is 5.32 Å². The van der Waals surface area contributed by atoms with Crippen LogP contribution < -0.4 is 5.32 Å². The van der Waals surface area contributed by atoms with E-state index < -0.39 is 26.1 Å². The summed E-state index contributed by atoms with van der Waals surface area (Å²) in [5, 5.41) is 2.73. The standard InChI is InChI=1S/C28H37N2O7P/c31-26(30-18-11-16-25(30)27(32)35-20-23-12-5-3-6-13-23)22-38(34)37-19-10-2-1-9-17-29-28(33)36-21-24-14-7-4-8-15-24/h3-8,12-15,25,38H,1-2,9-11,16-22H2,(H,29,33)/t25-/m0/s1. The Bertz CT molecular complexity index is 1040. The van der Waals surface area contributed by atoms with Crippen LogP contribution in [0.15, 0.2) is 60.7 Å². The molecule has 2 atom stereocenters. The summed E-state index contributed by atoms with van der Waals surface area (Å²) in [6, 6.07) is 18.2. The first kappa shape index (κ1) is 29.4. The number of unbranched alkanes of at least 4 members (excludes halogenated alkanes) is 3. The molecule has 1 fully saturated rings. The van der Waals surface area contributed by atoms with E-state index in [4.69, 9.17) is 14.0 Å². The maximum Gasteiger partial charge on any atom is 0.407 e. The molecule has 0 bridgehead atoms. The van der Waals surface area contributed by atoms with Gasteiger partial charge in [-0.05, 0) is 36.8 Å². The van der Waals surface area contributed by atoms with Crippen molar-refractivity contribution < 1.29 is 32.9 Å². The molecule has 2 aromatic carbocycles. The topological polar surface area (TPSA) is 111 Å². The smallest absolute Gasteiger partial charge is 0.407 e. The number of likely N-dealkylation sites (tertiary alicyclic amines) is 1. The van der Waals surface area contributed by atoms with Crippen molar-refractivity contribution in [2.45, 2.75) is 57.8 Å². The van der Waals surface area contributed by atoms with Crippen molar-refractivity contribution in [3.05, 3.63) is 71.8 Å². The van der Waals surface area contributed by atoms with Crippen LogP contribution in [0.2, 0.25) is 0 Å². The van der Waals surface area contributed by atoms with Crippen LogP contribution in [-0.2, 0) is 41.4 Å². The number of hydrogen-bond donors (Lipinski definition) is 1. The number of amides is 2. The van der Waals surface area contributed by atoms with E-state index in [1.807, 2.05) is 60.7 Å². The Morgan fingerprint density at radius 1 is 0.868 bits per heavy atom. The van der Waals surface area contributed by atoms with Crippen LogP contribution >= 0.6 is 8.03 Å². The molecule has 0 saturated carbocycles. The van der Waals surface area contributed by atoms with Crippen molar-refractivity contribution >= 4 is 26.0 Å². The zero-order valence-electron chi connectivity index (χ0n) is 21.6. The molecule has 0 radical (unpaired) electrons. The number of alkyl carbamates (subject to hydrolysis) is 1. The second kappa shape index (κ2) is 16.6. The van der Waals surface area contributed by atoms with Crippen molar-refractivity contribution in [2.75, 3.05) is 25.9 Å². The molecule has 1 saturated heterocycles. The molecular weight excluding hydrogens is 507 g/mol. The first-order chi connectivity index (χ1) is 18.5. The molecular formula is C28H37N2O7P. The molecule has 206 valence electrons. The van der Waals surface area contributed by atoms with Gasteiger partial charge in [-0.15, -0.1) is 0 Å². The molecule has 1 heterocycles. The van der Waals surface area contributed by atoms with E-state index in [0.29, 0.717) is 39.0 Å². The van der Waals surface area contributed by atoms with Gasteiger partial charge < -0.3 is 24.2 Å². The third kappa shape index (κ3) is 10.7. The molecule has 38 heavy (non-hydrogen) atoms. The number of benzene rings is 2. The monoisotopic (exact) mass is 544 g/mol. The number of carbonyl (C=O) groups excluding carboxylic acids is 3. The Balaban J connectivity index is 1.21. The highest BCUT2D eigenvalue weighted by atomic mass is 31.1. The number of nitrogens with one attached hydrogen (secondary N) is 1. The maximum atomic E-state index is 12.7. The van der Waals surface area contributed by atoms with Crippen LogP contribution in [0.4, 0.5) is 4.79 Å². The van der Waals surface area contributed by atoms with Crippen molar-refractivity contribution in [3.8, 4) is 0 Å². The summed E-state index contributed by atoms with van der Waals surface area (Å²) in [6.07, 6.45) is 3.84. The molecule has 0 spiro atoms. The van der Waals surface area contributed by atoms with Gasteiger partial charge in [0.15, 0.2) is 0 Å². The highest BCUT2D eigenvalue weighted by molar-refractivity contribution is 7.40. The van der Waals surface area contributed by atoms with Gasteiger partial charge in [0.25, 0.3) is 0 Å². The lowest BCUT2D eigenvalue weighted by Gasteiger charge is -2.23.